The molecular weight excluding hydrogens is 400 g/mol. The first-order valence-corrected chi connectivity index (χ1v) is 11.1. The molecular formula is C25H26N6O. The average molecular weight is 427 g/mol. The molecule has 7 nitrogen and oxygen atoms in total. The van der Waals surface area contributed by atoms with Crippen LogP contribution in [0.3, 0.4) is 0 Å². The Morgan fingerprint density at radius 1 is 1.25 bits per heavy atom. The second-order valence-electron chi connectivity index (χ2n) is 8.82. The average Bonchev–Trinajstić information content (AvgIpc) is 3.51. The molecule has 1 aliphatic carbocycles. The molecule has 2 fully saturated rings. The van der Waals surface area contributed by atoms with Gasteiger partial charge in [0, 0.05) is 37.0 Å². The second-order valence-corrected chi connectivity index (χ2v) is 8.82. The number of carbonyl (C=O) groups is 1. The Kier molecular flexibility index (Phi) is 5.24. The van der Waals surface area contributed by atoms with E-state index >= 15 is 0 Å². The molecule has 2 aliphatic rings. The highest BCUT2D eigenvalue weighted by molar-refractivity contribution is 5.88. The lowest BCUT2D eigenvalue weighted by Crippen LogP contribution is -2.32. The van der Waals surface area contributed by atoms with Crippen molar-refractivity contribution in [2.45, 2.75) is 25.8 Å². The molecule has 1 saturated heterocycles. The monoisotopic (exact) mass is 426 g/mol. The van der Waals surface area contributed by atoms with Gasteiger partial charge in [-0.05, 0) is 48.6 Å². The van der Waals surface area contributed by atoms with E-state index in [1.54, 1.807) is 6.20 Å². The number of aromatic nitrogens is 2. The largest absolute Gasteiger partial charge is 0.356 e. The zero-order valence-corrected chi connectivity index (χ0v) is 17.9. The zero-order chi connectivity index (χ0) is 22.1. The van der Waals surface area contributed by atoms with Crippen LogP contribution in [0, 0.1) is 22.7 Å². The molecule has 162 valence electrons. The zero-order valence-electron chi connectivity index (χ0n) is 17.9. The highest BCUT2D eigenvalue weighted by Gasteiger charge is 2.50. The third kappa shape index (κ3) is 3.78. The van der Waals surface area contributed by atoms with Crippen LogP contribution in [0.5, 0.6) is 0 Å². The molecule has 3 aromatic rings. The number of rotatable bonds is 6. The van der Waals surface area contributed by atoms with Gasteiger partial charge >= 0.3 is 0 Å². The second kappa shape index (κ2) is 8.21. The summed E-state index contributed by atoms with van der Waals surface area (Å²) in [5.74, 6) is 1.73. The van der Waals surface area contributed by atoms with Crippen molar-refractivity contribution >= 4 is 22.5 Å². The SMILES string of the molecule is N#CC1(C(=O)NCc2cnc(-c3ccc4ccccc4c3)nc2N2CCC(CN)C2)CC1. The first kappa shape index (κ1) is 20.4. The van der Waals surface area contributed by atoms with Gasteiger partial charge < -0.3 is 16.0 Å². The van der Waals surface area contributed by atoms with Crippen LogP contribution in [0.15, 0.2) is 48.7 Å². The number of benzene rings is 2. The van der Waals surface area contributed by atoms with Crippen molar-refractivity contribution in [3.63, 3.8) is 0 Å². The number of anilines is 1. The summed E-state index contributed by atoms with van der Waals surface area (Å²) in [5.41, 5.74) is 6.88. The first-order chi connectivity index (χ1) is 15.6. The molecule has 7 heteroatoms. The highest BCUT2D eigenvalue weighted by atomic mass is 16.2. The normalized spacial score (nSPS) is 19.0. The van der Waals surface area contributed by atoms with E-state index in [0.717, 1.165) is 41.8 Å². The van der Waals surface area contributed by atoms with E-state index in [4.69, 9.17) is 10.7 Å². The summed E-state index contributed by atoms with van der Waals surface area (Å²) >= 11 is 0. The maximum absolute atomic E-state index is 12.5. The van der Waals surface area contributed by atoms with Crippen LogP contribution in [-0.4, -0.2) is 35.5 Å². The van der Waals surface area contributed by atoms with Gasteiger partial charge in [0.2, 0.25) is 5.91 Å². The molecule has 2 aromatic carbocycles. The highest BCUT2D eigenvalue weighted by Crippen LogP contribution is 2.45. The van der Waals surface area contributed by atoms with Crippen molar-refractivity contribution in [1.29, 1.82) is 5.26 Å². The van der Waals surface area contributed by atoms with E-state index in [2.05, 4.69) is 45.5 Å². The summed E-state index contributed by atoms with van der Waals surface area (Å²) in [6.07, 6.45) is 4.08. The minimum Gasteiger partial charge on any atom is -0.356 e. The van der Waals surface area contributed by atoms with Crippen LogP contribution >= 0.6 is 0 Å². The lowest BCUT2D eigenvalue weighted by atomic mass is 10.1. The Hall–Kier alpha value is -3.50. The van der Waals surface area contributed by atoms with Gasteiger partial charge in [-0.25, -0.2) is 9.97 Å². The summed E-state index contributed by atoms with van der Waals surface area (Å²) in [4.78, 5) is 24.3. The first-order valence-electron chi connectivity index (χ1n) is 11.1. The van der Waals surface area contributed by atoms with E-state index in [1.807, 2.05) is 18.2 Å². The number of fused-ring (bicyclic) bond motifs is 1. The van der Waals surface area contributed by atoms with Crippen LogP contribution in [0.4, 0.5) is 5.82 Å². The minimum atomic E-state index is -0.843. The quantitative estimate of drug-likeness (QED) is 0.627. The standard InChI is InChI=1S/C25H26N6O/c26-12-17-7-10-31(15-17)23-21(14-29-24(32)25(16-27)8-9-25)13-28-22(30-23)20-6-5-18-3-1-2-4-19(18)11-20/h1-6,11,13,17H,7-10,12,14-15,26H2,(H,29,32). The predicted octanol–water partition coefficient (Wildman–Crippen LogP) is 3.00. The molecule has 0 spiro atoms. The van der Waals surface area contributed by atoms with Gasteiger partial charge in [-0.1, -0.05) is 36.4 Å². The molecule has 1 unspecified atom stereocenters. The van der Waals surface area contributed by atoms with Crippen LogP contribution in [0.2, 0.25) is 0 Å². The lowest BCUT2D eigenvalue weighted by molar-refractivity contribution is -0.124. The summed E-state index contributed by atoms with van der Waals surface area (Å²) in [7, 11) is 0. The molecule has 1 atom stereocenters. The number of nitrogens with two attached hydrogens (primary N) is 1. The molecule has 2 heterocycles. The Morgan fingerprint density at radius 3 is 2.78 bits per heavy atom. The summed E-state index contributed by atoms with van der Waals surface area (Å²) in [5, 5.41) is 14.5. The number of nitrogens with zero attached hydrogens (tertiary/aromatic N) is 4. The van der Waals surface area contributed by atoms with Gasteiger partial charge in [0.1, 0.15) is 11.2 Å². The predicted molar refractivity (Wildman–Crippen MR) is 123 cm³/mol. The Morgan fingerprint density at radius 2 is 2.06 bits per heavy atom. The van der Waals surface area contributed by atoms with Gasteiger partial charge in [-0.3, -0.25) is 4.79 Å². The van der Waals surface area contributed by atoms with Crippen molar-refractivity contribution < 1.29 is 4.79 Å². The Labute approximate surface area is 187 Å². The molecule has 1 aromatic heterocycles. The molecule has 3 N–H and O–H groups in total. The molecule has 5 rings (SSSR count). The van der Waals surface area contributed by atoms with Gasteiger partial charge in [0.15, 0.2) is 5.82 Å². The third-order valence-electron chi connectivity index (χ3n) is 6.61. The van der Waals surface area contributed by atoms with E-state index in [0.29, 0.717) is 37.7 Å². The van der Waals surface area contributed by atoms with Gasteiger partial charge in [0.05, 0.1) is 6.07 Å². The van der Waals surface area contributed by atoms with Crippen molar-refractivity contribution in [3.8, 4) is 17.5 Å². The number of nitriles is 1. The topological polar surface area (TPSA) is 108 Å². The van der Waals surface area contributed by atoms with E-state index in [1.165, 1.54) is 5.39 Å². The summed E-state index contributed by atoms with van der Waals surface area (Å²) < 4.78 is 0. The van der Waals surface area contributed by atoms with Crippen LogP contribution in [0.1, 0.15) is 24.8 Å². The molecule has 1 aliphatic heterocycles. The summed E-state index contributed by atoms with van der Waals surface area (Å²) in [6, 6.07) is 16.6. The van der Waals surface area contributed by atoms with E-state index in [9.17, 15) is 10.1 Å². The molecule has 0 radical (unpaired) electrons. The van der Waals surface area contributed by atoms with Gasteiger partial charge in [-0.2, -0.15) is 5.26 Å². The van der Waals surface area contributed by atoms with Crippen LogP contribution in [0.25, 0.3) is 22.2 Å². The van der Waals surface area contributed by atoms with Crippen molar-refractivity contribution in [3.05, 3.63) is 54.2 Å². The maximum Gasteiger partial charge on any atom is 0.240 e. The number of hydrogen-bond donors (Lipinski definition) is 2. The Bertz CT molecular complexity index is 1210. The molecule has 1 amide bonds. The van der Waals surface area contributed by atoms with Crippen LogP contribution in [-0.2, 0) is 11.3 Å². The molecule has 1 saturated carbocycles. The molecule has 32 heavy (non-hydrogen) atoms. The number of amides is 1. The maximum atomic E-state index is 12.5. The van der Waals surface area contributed by atoms with Gasteiger partial charge in [-0.15, -0.1) is 0 Å². The van der Waals surface area contributed by atoms with Crippen molar-refractivity contribution in [1.82, 2.24) is 15.3 Å². The van der Waals surface area contributed by atoms with Crippen LogP contribution < -0.4 is 16.0 Å². The molecule has 0 bridgehead atoms. The number of hydrogen-bond acceptors (Lipinski definition) is 6. The fraction of sp³-hybridized carbons (Fsp3) is 0.360. The summed E-state index contributed by atoms with van der Waals surface area (Å²) in [6.45, 7) is 2.67. The van der Waals surface area contributed by atoms with Gasteiger partial charge in [0.25, 0.3) is 0 Å². The van der Waals surface area contributed by atoms with E-state index < -0.39 is 5.41 Å². The lowest BCUT2D eigenvalue weighted by Gasteiger charge is -2.22. The van der Waals surface area contributed by atoms with Crippen molar-refractivity contribution in [2.24, 2.45) is 17.1 Å². The fourth-order valence-electron chi connectivity index (χ4n) is 4.34. The minimum absolute atomic E-state index is 0.203. The fourth-order valence-corrected chi connectivity index (χ4v) is 4.34. The third-order valence-corrected chi connectivity index (χ3v) is 6.61. The smallest absolute Gasteiger partial charge is 0.240 e. The van der Waals surface area contributed by atoms with E-state index in [-0.39, 0.29) is 5.91 Å². The number of nitrogens with one attached hydrogen (secondary N) is 1. The van der Waals surface area contributed by atoms with Crippen molar-refractivity contribution in [2.75, 3.05) is 24.5 Å². The Balaban J connectivity index is 1.46. The number of carbonyl (C=O) groups excluding carboxylic acids is 1.